The molecule has 0 atom stereocenters. The zero-order valence-corrected chi connectivity index (χ0v) is 12.3. The minimum absolute atomic E-state index is 0.0260. The lowest BCUT2D eigenvalue weighted by Gasteiger charge is -2.23. The molecule has 1 aromatic rings. The number of hydrogen-bond donors (Lipinski definition) is 1. The second kappa shape index (κ2) is 7.12. The average Bonchev–Trinajstić information content (AvgIpc) is 2.28. The second-order valence-corrected chi connectivity index (χ2v) is 5.58. The van der Waals surface area contributed by atoms with Crippen molar-refractivity contribution in [3.8, 4) is 0 Å². The lowest BCUT2D eigenvalue weighted by molar-refractivity contribution is -0.181. The van der Waals surface area contributed by atoms with Gasteiger partial charge in [0.2, 0.25) is 0 Å². The van der Waals surface area contributed by atoms with Gasteiger partial charge in [-0.15, -0.1) is 0 Å². The number of aromatic amines is 1. The van der Waals surface area contributed by atoms with E-state index in [0.29, 0.717) is 12.8 Å². The molecular formula is C13H17BrF3NO. The van der Waals surface area contributed by atoms with Crippen LogP contribution in [0.15, 0.2) is 21.5 Å². The lowest BCUT2D eigenvalue weighted by atomic mass is 9.89. The van der Waals surface area contributed by atoms with Crippen molar-refractivity contribution in [2.45, 2.75) is 45.2 Å². The van der Waals surface area contributed by atoms with Gasteiger partial charge in [-0.3, -0.25) is 4.79 Å². The van der Waals surface area contributed by atoms with Crippen LogP contribution in [0.25, 0.3) is 0 Å². The van der Waals surface area contributed by atoms with Crippen LogP contribution >= 0.6 is 15.9 Å². The minimum Gasteiger partial charge on any atom is -0.353 e. The van der Waals surface area contributed by atoms with E-state index in [1.54, 1.807) is 6.07 Å². The van der Waals surface area contributed by atoms with Gasteiger partial charge in [0.15, 0.2) is 5.43 Å². The molecule has 0 saturated heterocycles. The Morgan fingerprint density at radius 1 is 1.21 bits per heavy atom. The summed E-state index contributed by atoms with van der Waals surface area (Å²) in [6.07, 6.45) is -0.742. The van der Waals surface area contributed by atoms with Crippen LogP contribution in [0.4, 0.5) is 13.2 Å². The first-order valence-electron chi connectivity index (χ1n) is 6.22. The fourth-order valence-electron chi connectivity index (χ4n) is 2.07. The molecule has 0 aliphatic heterocycles. The Bertz CT molecular complexity index is 427. The monoisotopic (exact) mass is 339 g/mol. The number of aromatic nitrogens is 1. The second-order valence-electron chi connectivity index (χ2n) is 4.72. The van der Waals surface area contributed by atoms with Gasteiger partial charge in [-0.2, -0.15) is 13.2 Å². The molecule has 0 spiro atoms. The Labute approximate surface area is 118 Å². The van der Waals surface area contributed by atoms with Gasteiger partial charge in [-0.25, -0.2) is 0 Å². The topological polar surface area (TPSA) is 32.9 Å². The van der Waals surface area contributed by atoms with Crippen molar-refractivity contribution in [2.24, 2.45) is 5.92 Å². The van der Waals surface area contributed by atoms with Crippen LogP contribution in [0, 0.1) is 12.8 Å². The summed E-state index contributed by atoms with van der Waals surface area (Å²) in [5, 5.41) is 0. The molecule has 1 N–H and O–H groups in total. The zero-order valence-electron chi connectivity index (χ0n) is 10.7. The van der Waals surface area contributed by atoms with Crippen LogP contribution in [-0.4, -0.2) is 11.2 Å². The molecule has 2 rings (SSSR count). The van der Waals surface area contributed by atoms with Gasteiger partial charge in [-0.1, -0.05) is 19.3 Å². The number of rotatable bonds is 0. The number of halogens is 4. The summed E-state index contributed by atoms with van der Waals surface area (Å²) in [6, 6.07) is 3.04. The minimum atomic E-state index is -3.93. The molecule has 0 radical (unpaired) electrons. The standard InChI is InChI=1S/C7H11F3.C6H6BrNO/c8-7(9,10)6-4-2-1-3-5-6;1-4-2-5(9)3-6(7)8-4/h6H,1-5H2;2-3H,1H3,(H,8,9). The summed E-state index contributed by atoms with van der Waals surface area (Å²) >= 11 is 3.16. The Morgan fingerprint density at radius 3 is 2.16 bits per heavy atom. The molecule has 1 saturated carbocycles. The maximum absolute atomic E-state index is 11.9. The highest BCUT2D eigenvalue weighted by molar-refractivity contribution is 9.10. The molecule has 1 aliphatic carbocycles. The lowest BCUT2D eigenvalue weighted by Crippen LogP contribution is -2.24. The smallest absolute Gasteiger partial charge is 0.353 e. The molecule has 0 amide bonds. The summed E-state index contributed by atoms with van der Waals surface area (Å²) in [6.45, 7) is 1.84. The normalized spacial score (nSPS) is 16.7. The van der Waals surface area contributed by atoms with E-state index in [1.165, 1.54) is 6.07 Å². The highest BCUT2D eigenvalue weighted by Gasteiger charge is 2.39. The molecular weight excluding hydrogens is 323 g/mol. The molecule has 6 heteroatoms. The van der Waals surface area contributed by atoms with Gasteiger partial charge in [0.1, 0.15) is 0 Å². The van der Waals surface area contributed by atoms with Crippen LogP contribution in [0.2, 0.25) is 0 Å². The molecule has 2 nitrogen and oxygen atoms in total. The zero-order chi connectivity index (χ0) is 14.5. The first kappa shape index (κ1) is 16.3. The third kappa shape index (κ3) is 6.27. The molecule has 1 aliphatic rings. The van der Waals surface area contributed by atoms with Gasteiger partial charge in [0.05, 0.1) is 10.5 Å². The molecule has 0 unspecified atom stereocenters. The number of alkyl halides is 3. The van der Waals surface area contributed by atoms with Gasteiger partial charge in [0, 0.05) is 17.8 Å². The van der Waals surface area contributed by atoms with Gasteiger partial charge >= 0.3 is 6.18 Å². The van der Waals surface area contributed by atoms with Gasteiger partial charge in [-0.05, 0) is 35.7 Å². The van der Waals surface area contributed by atoms with E-state index in [0.717, 1.165) is 29.6 Å². The first-order valence-corrected chi connectivity index (χ1v) is 7.01. The third-order valence-corrected chi connectivity index (χ3v) is 3.44. The van der Waals surface area contributed by atoms with Crippen molar-refractivity contribution in [1.82, 2.24) is 4.98 Å². The molecule has 0 aromatic carbocycles. The summed E-state index contributed by atoms with van der Waals surface area (Å²) in [5.41, 5.74) is 0.896. The van der Waals surface area contributed by atoms with E-state index in [9.17, 15) is 18.0 Å². The van der Waals surface area contributed by atoms with E-state index in [4.69, 9.17) is 0 Å². The summed E-state index contributed by atoms with van der Waals surface area (Å²) in [5.74, 6) is -0.999. The van der Waals surface area contributed by atoms with E-state index in [-0.39, 0.29) is 5.43 Å². The Hall–Kier alpha value is -0.780. The average molecular weight is 340 g/mol. The number of H-pyrrole nitrogens is 1. The molecule has 1 heterocycles. The Kier molecular flexibility index (Phi) is 6.10. The van der Waals surface area contributed by atoms with Gasteiger partial charge < -0.3 is 4.98 Å². The number of aryl methyl sites for hydroxylation is 1. The van der Waals surface area contributed by atoms with E-state index in [1.807, 2.05) is 6.92 Å². The quantitative estimate of drug-likeness (QED) is 0.689. The number of pyridine rings is 1. The van der Waals surface area contributed by atoms with Crippen LogP contribution in [0.3, 0.4) is 0 Å². The molecule has 19 heavy (non-hydrogen) atoms. The van der Waals surface area contributed by atoms with Crippen LogP contribution < -0.4 is 5.43 Å². The van der Waals surface area contributed by atoms with E-state index in [2.05, 4.69) is 20.9 Å². The first-order chi connectivity index (χ1) is 8.79. The van der Waals surface area contributed by atoms with Crippen molar-refractivity contribution in [2.75, 3.05) is 0 Å². The van der Waals surface area contributed by atoms with Crippen LogP contribution in [0.5, 0.6) is 0 Å². The van der Waals surface area contributed by atoms with E-state index >= 15 is 0 Å². The summed E-state index contributed by atoms with van der Waals surface area (Å²) < 4.78 is 36.6. The van der Waals surface area contributed by atoms with Crippen LogP contribution in [-0.2, 0) is 0 Å². The van der Waals surface area contributed by atoms with Crippen molar-refractivity contribution < 1.29 is 13.2 Å². The molecule has 0 bridgehead atoms. The SMILES string of the molecule is Cc1cc(=O)cc(Br)[nH]1.FC(F)(F)C1CCCCC1. The fourth-order valence-corrected chi connectivity index (χ4v) is 2.61. The molecule has 1 fully saturated rings. The fraction of sp³-hybridized carbons (Fsp3) is 0.615. The third-order valence-electron chi connectivity index (χ3n) is 3.01. The summed E-state index contributed by atoms with van der Waals surface area (Å²) in [7, 11) is 0. The van der Waals surface area contributed by atoms with Crippen molar-refractivity contribution in [1.29, 1.82) is 0 Å². The Morgan fingerprint density at radius 2 is 1.79 bits per heavy atom. The molecule has 1 aromatic heterocycles. The highest BCUT2D eigenvalue weighted by Crippen LogP contribution is 2.37. The summed E-state index contributed by atoms with van der Waals surface area (Å²) in [4.78, 5) is 13.6. The van der Waals surface area contributed by atoms with Crippen molar-refractivity contribution in [3.05, 3.63) is 32.7 Å². The molecule has 108 valence electrons. The highest BCUT2D eigenvalue weighted by atomic mass is 79.9. The maximum atomic E-state index is 11.9. The Balaban J connectivity index is 0.000000191. The van der Waals surface area contributed by atoms with Crippen molar-refractivity contribution >= 4 is 15.9 Å². The number of hydrogen-bond acceptors (Lipinski definition) is 1. The van der Waals surface area contributed by atoms with Gasteiger partial charge in [0.25, 0.3) is 0 Å². The van der Waals surface area contributed by atoms with Crippen molar-refractivity contribution in [3.63, 3.8) is 0 Å². The largest absolute Gasteiger partial charge is 0.391 e. The van der Waals surface area contributed by atoms with Crippen LogP contribution in [0.1, 0.15) is 37.8 Å². The predicted octanol–water partition coefficient (Wildman–Crippen LogP) is 4.57. The number of nitrogens with one attached hydrogen (secondary N) is 1. The predicted molar refractivity (Wildman–Crippen MR) is 72.1 cm³/mol. The maximum Gasteiger partial charge on any atom is 0.391 e. The van der Waals surface area contributed by atoms with E-state index < -0.39 is 12.1 Å².